The molecule has 1 aromatic heterocycles. The molecule has 3 aliphatic rings. The minimum atomic E-state index is -0.747. The largest absolute Gasteiger partial charge is 0.480 e. The number of pyridine rings is 1. The van der Waals surface area contributed by atoms with E-state index in [1.165, 1.54) is 17.7 Å². The summed E-state index contributed by atoms with van der Waals surface area (Å²) in [6.07, 6.45) is 8.79. The molecule has 0 saturated carbocycles. The van der Waals surface area contributed by atoms with E-state index in [0.717, 1.165) is 89.0 Å². The predicted octanol–water partition coefficient (Wildman–Crippen LogP) is 4.78. The number of nitrogens with one attached hydrogen (secondary N) is 1. The van der Waals surface area contributed by atoms with E-state index in [1.54, 1.807) is 0 Å². The Morgan fingerprint density at radius 2 is 1.75 bits per heavy atom. The van der Waals surface area contributed by atoms with Crippen LogP contribution in [0.2, 0.25) is 0 Å². The highest BCUT2D eigenvalue weighted by Crippen LogP contribution is 2.25. The molecule has 0 aliphatic carbocycles. The summed E-state index contributed by atoms with van der Waals surface area (Å²) in [5, 5.41) is 12.6. The first-order valence-corrected chi connectivity index (χ1v) is 13.6. The van der Waals surface area contributed by atoms with Crippen LogP contribution in [0.25, 0.3) is 0 Å². The van der Waals surface area contributed by atoms with Crippen LogP contribution in [0.4, 0.5) is 5.82 Å². The van der Waals surface area contributed by atoms with Gasteiger partial charge < -0.3 is 15.3 Å². The van der Waals surface area contributed by atoms with Crippen LogP contribution < -0.4 is 5.32 Å². The Morgan fingerprint density at radius 1 is 1.06 bits per heavy atom. The van der Waals surface area contributed by atoms with E-state index in [0.29, 0.717) is 5.92 Å². The van der Waals surface area contributed by atoms with Gasteiger partial charge in [0.15, 0.2) is 0 Å². The van der Waals surface area contributed by atoms with Crippen molar-refractivity contribution in [2.45, 2.75) is 64.8 Å². The van der Waals surface area contributed by atoms with Crippen molar-refractivity contribution in [1.29, 1.82) is 0 Å². The van der Waals surface area contributed by atoms with E-state index in [4.69, 9.17) is 4.98 Å². The van der Waals surface area contributed by atoms with Crippen molar-refractivity contribution in [3.8, 4) is 0 Å². The van der Waals surface area contributed by atoms with Crippen molar-refractivity contribution in [2.24, 2.45) is 5.92 Å². The van der Waals surface area contributed by atoms with Crippen LogP contribution in [0, 0.1) is 5.92 Å². The first-order chi connectivity index (χ1) is 17.6. The second-order valence-electron chi connectivity index (χ2n) is 9.52. The molecule has 1 amide bonds. The number of carboxylic acids is 1. The molecule has 2 fully saturated rings. The Balaban J connectivity index is 0.000000193. The molecule has 7 nitrogen and oxygen atoms in total. The van der Waals surface area contributed by atoms with Gasteiger partial charge in [0, 0.05) is 25.3 Å². The maximum atomic E-state index is 11.2. The topological polar surface area (TPSA) is 85.8 Å². The van der Waals surface area contributed by atoms with Crippen molar-refractivity contribution in [1.82, 2.24) is 14.8 Å². The van der Waals surface area contributed by atoms with Gasteiger partial charge in [-0.05, 0) is 81.1 Å². The molecule has 3 aliphatic heterocycles. The van der Waals surface area contributed by atoms with Gasteiger partial charge in [0.25, 0.3) is 0 Å². The minimum absolute atomic E-state index is 0.464. The van der Waals surface area contributed by atoms with E-state index in [2.05, 4.69) is 17.4 Å². The normalized spacial score (nSPS) is 18.4. The molecule has 2 N–H and O–H groups in total. The maximum absolute atomic E-state index is 11.2. The lowest BCUT2D eigenvalue weighted by Gasteiger charge is -2.29. The Morgan fingerprint density at radius 3 is 2.39 bits per heavy atom. The monoisotopic (exact) mass is 494 g/mol. The Bertz CT molecular complexity index is 939. The van der Waals surface area contributed by atoms with Crippen LogP contribution in [-0.4, -0.2) is 65.0 Å². The smallest absolute Gasteiger partial charge is 0.325 e. The molecule has 2 aromatic rings. The number of benzene rings is 1. The average molecular weight is 495 g/mol. The quantitative estimate of drug-likeness (QED) is 0.562. The lowest BCUT2D eigenvalue weighted by Crippen LogP contribution is -2.33. The second kappa shape index (κ2) is 14.6. The summed E-state index contributed by atoms with van der Waals surface area (Å²) in [5.41, 5.74) is 3.43. The molecular weight excluding hydrogens is 452 g/mol. The van der Waals surface area contributed by atoms with E-state index in [1.807, 2.05) is 54.0 Å². The summed E-state index contributed by atoms with van der Waals surface area (Å²) < 4.78 is 0. The summed E-state index contributed by atoms with van der Waals surface area (Å²) in [6, 6.07) is 13.4. The summed E-state index contributed by atoms with van der Waals surface area (Å²) in [6.45, 7) is 8.63. The minimum Gasteiger partial charge on any atom is -0.480 e. The predicted molar refractivity (Wildman–Crippen MR) is 144 cm³/mol. The maximum Gasteiger partial charge on any atom is 0.325 e. The van der Waals surface area contributed by atoms with Crippen molar-refractivity contribution in [3.05, 3.63) is 59.3 Å². The van der Waals surface area contributed by atoms with Crippen LogP contribution in [0.1, 0.15) is 68.8 Å². The number of likely N-dealkylation sites (tertiary alicyclic amines) is 2. The Labute approximate surface area is 215 Å². The number of nitrogens with zero attached hydrogens (tertiary/aromatic N) is 3. The number of hydrogen-bond acceptors (Lipinski definition) is 5. The van der Waals surface area contributed by atoms with E-state index in [-0.39, 0.29) is 0 Å². The molecule has 4 heterocycles. The fourth-order valence-corrected chi connectivity index (χ4v) is 5.19. The Hall–Kier alpha value is -2.93. The highest BCUT2D eigenvalue weighted by Gasteiger charge is 2.29. The van der Waals surface area contributed by atoms with Gasteiger partial charge in [-0.15, -0.1) is 0 Å². The Kier molecular flexibility index (Phi) is 11.2. The number of carboxylic acid groups (broad SMARTS) is 1. The number of aryl methyl sites for hydroxylation is 1. The number of piperidine rings is 1. The van der Waals surface area contributed by atoms with Gasteiger partial charge in [0.1, 0.15) is 11.9 Å². The molecule has 1 atom stereocenters. The van der Waals surface area contributed by atoms with Gasteiger partial charge in [0.05, 0.1) is 0 Å². The third-order valence-electron chi connectivity index (χ3n) is 7.10. The number of aliphatic carboxylic acids is 1. The standard InChI is InChI=1S/C15H21N3O.C12H15NO2.C2H6/c19-11-18-8-5-12(6-9-18)10-14-4-3-13-2-1-7-16-15(13)17-14;14-12(15)11(13-8-4-5-9-13)10-6-2-1-3-7-10;1-2/h3-4,11-12H,1-2,5-10H2,(H,16,17);1-3,6-7,11H,4-5,8-9H2,(H,14,15);1-2H3. The molecule has 1 unspecified atom stereocenters. The SMILES string of the molecule is CC.O=C(O)C(c1ccccc1)N1CCCC1.O=CN1CCC(Cc2ccc3c(n2)NCCC3)CC1. The van der Waals surface area contributed by atoms with Crippen molar-refractivity contribution in [3.63, 3.8) is 0 Å². The zero-order valence-electron chi connectivity index (χ0n) is 21.9. The zero-order chi connectivity index (χ0) is 25.8. The fraction of sp³-hybridized carbons (Fsp3) is 0.552. The third kappa shape index (κ3) is 7.79. The number of hydrogen-bond donors (Lipinski definition) is 2. The van der Waals surface area contributed by atoms with Crippen molar-refractivity contribution >= 4 is 18.2 Å². The number of rotatable bonds is 6. The van der Waals surface area contributed by atoms with Crippen LogP contribution >= 0.6 is 0 Å². The van der Waals surface area contributed by atoms with Gasteiger partial charge >= 0.3 is 5.97 Å². The molecule has 2 saturated heterocycles. The lowest BCUT2D eigenvalue weighted by molar-refractivity contribution is -0.143. The number of carbonyl (C=O) groups excluding carboxylic acids is 1. The molecule has 5 rings (SSSR count). The highest BCUT2D eigenvalue weighted by molar-refractivity contribution is 5.75. The van der Waals surface area contributed by atoms with Gasteiger partial charge in [-0.2, -0.15) is 0 Å². The first-order valence-electron chi connectivity index (χ1n) is 13.6. The summed E-state index contributed by atoms with van der Waals surface area (Å²) in [4.78, 5) is 30.6. The average Bonchev–Trinajstić information content (AvgIpc) is 3.45. The van der Waals surface area contributed by atoms with Gasteiger partial charge in [-0.25, -0.2) is 4.98 Å². The van der Waals surface area contributed by atoms with Gasteiger partial charge in [-0.3, -0.25) is 14.5 Å². The molecule has 196 valence electrons. The number of carbonyl (C=O) groups is 2. The van der Waals surface area contributed by atoms with E-state index in [9.17, 15) is 14.7 Å². The van der Waals surface area contributed by atoms with Crippen LogP contribution in [0.15, 0.2) is 42.5 Å². The first kappa shape index (κ1) is 27.7. The lowest BCUT2D eigenvalue weighted by atomic mass is 9.92. The molecule has 7 heteroatoms. The van der Waals surface area contributed by atoms with Crippen LogP contribution in [0.3, 0.4) is 0 Å². The number of anilines is 1. The molecule has 0 radical (unpaired) electrons. The van der Waals surface area contributed by atoms with Crippen molar-refractivity contribution < 1.29 is 14.7 Å². The summed E-state index contributed by atoms with van der Waals surface area (Å²) in [7, 11) is 0. The third-order valence-corrected chi connectivity index (χ3v) is 7.10. The number of aromatic nitrogens is 1. The van der Waals surface area contributed by atoms with Crippen molar-refractivity contribution in [2.75, 3.05) is 38.0 Å². The number of amides is 1. The molecule has 36 heavy (non-hydrogen) atoms. The summed E-state index contributed by atoms with van der Waals surface area (Å²) in [5.74, 6) is 1.02. The summed E-state index contributed by atoms with van der Waals surface area (Å²) >= 11 is 0. The number of fused-ring (bicyclic) bond motifs is 1. The van der Waals surface area contributed by atoms with Crippen LogP contribution in [0.5, 0.6) is 0 Å². The second-order valence-corrected chi connectivity index (χ2v) is 9.52. The molecular formula is C29H42N4O3. The van der Waals surface area contributed by atoms with Gasteiger partial charge in [-0.1, -0.05) is 50.2 Å². The van der Waals surface area contributed by atoms with Gasteiger partial charge in [0.2, 0.25) is 6.41 Å². The zero-order valence-corrected chi connectivity index (χ0v) is 21.9. The highest BCUT2D eigenvalue weighted by atomic mass is 16.4. The fourth-order valence-electron chi connectivity index (χ4n) is 5.19. The van der Waals surface area contributed by atoms with E-state index >= 15 is 0 Å². The van der Waals surface area contributed by atoms with Crippen LogP contribution in [-0.2, 0) is 22.4 Å². The molecule has 0 bridgehead atoms. The molecule has 1 aromatic carbocycles. The molecule has 0 spiro atoms. The van der Waals surface area contributed by atoms with E-state index < -0.39 is 12.0 Å².